The minimum atomic E-state index is -0.252. The monoisotopic (exact) mass is 314 g/mol. The highest BCUT2D eigenvalue weighted by Crippen LogP contribution is 2.31. The highest BCUT2D eigenvalue weighted by molar-refractivity contribution is 6.02. The van der Waals surface area contributed by atoms with Gasteiger partial charge in [0.25, 0.3) is 0 Å². The molecule has 2 aromatic rings. The van der Waals surface area contributed by atoms with Gasteiger partial charge in [-0.15, -0.1) is 0 Å². The molecule has 2 heterocycles. The summed E-state index contributed by atoms with van der Waals surface area (Å²) in [6.45, 7) is 4.67. The fourth-order valence-corrected chi connectivity index (χ4v) is 3.05. The van der Waals surface area contributed by atoms with Crippen LogP contribution in [0, 0.1) is 5.92 Å². The molecule has 0 bridgehead atoms. The molecule has 1 amide bonds. The number of carbonyl (C=O) groups is 1. The summed E-state index contributed by atoms with van der Waals surface area (Å²) in [6.07, 6.45) is 1.47. The summed E-state index contributed by atoms with van der Waals surface area (Å²) in [5.41, 5.74) is 1.29. The van der Waals surface area contributed by atoms with Crippen molar-refractivity contribution in [3.63, 3.8) is 0 Å². The summed E-state index contributed by atoms with van der Waals surface area (Å²) in [5.74, 6) is 0.475. The van der Waals surface area contributed by atoms with E-state index in [9.17, 15) is 4.79 Å². The number of rotatable bonds is 3. The number of anilines is 1. The molecule has 1 aromatic carbocycles. The van der Waals surface area contributed by atoms with Gasteiger partial charge in [0.2, 0.25) is 11.8 Å². The summed E-state index contributed by atoms with van der Waals surface area (Å²) >= 11 is 0. The Morgan fingerprint density at radius 2 is 2.17 bits per heavy atom. The van der Waals surface area contributed by atoms with E-state index in [2.05, 4.69) is 10.3 Å². The van der Waals surface area contributed by atoms with Crippen molar-refractivity contribution < 1.29 is 14.3 Å². The Kier molecular flexibility index (Phi) is 4.22. The average Bonchev–Trinajstić information content (AvgIpc) is 2.53. The standard InChI is InChI=1S/C18H22N2O3/c1-18(2)11-12(8-9-23-18)17(21)20-15-10-16(22-3)19-14-7-5-4-6-13(14)15/h4-7,10,12H,8-9,11H2,1-3H3,(H,19,20,21). The third-order valence-corrected chi connectivity index (χ3v) is 4.23. The number of hydrogen-bond donors (Lipinski definition) is 1. The third-order valence-electron chi connectivity index (χ3n) is 4.23. The van der Waals surface area contributed by atoms with Crippen molar-refractivity contribution in [2.45, 2.75) is 32.3 Å². The molecule has 1 atom stereocenters. The van der Waals surface area contributed by atoms with Gasteiger partial charge in [-0.1, -0.05) is 18.2 Å². The zero-order valence-electron chi connectivity index (χ0n) is 13.8. The van der Waals surface area contributed by atoms with E-state index in [4.69, 9.17) is 9.47 Å². The highest BCUT2D eigenvalue weighted by Gasteiger charge is 2.33. The normalized spacial score (nSPS) is 20.2. The number of carbonyl (C=O) groups excluding carboxylic acids is 1. The van der Waals surface area contributed by atoms with Crippen LogP contribution in [0.4, 0.5) is 5.69 Å². The predicted octanol–water partition coefficient (Wildman–Crippen LogP) is 3.39. The minimum absolute atomic E-state index is 0.0276. The SMILES string of the molecule is COc1cc(NC(=O)C2CCOC(C)(C)C2)c2ccccc2n1. The van der Waals surface area contributed by atoms with Crippen molar-refractivity contribution in [3.05, 3.63) is 30.3 Å². The minimum Gasteiger partial charge on any atom is -0.481 e. The van der Waals surface area contributed by atoms with E-state index in [1.54, 1.807) is 13.2 Å². The van der Waals surface area contributed by atoms with Crippen LogP contribution in [0.25, 0.3) is 10.9 Å². The van der Waals surface area contributed by atoms with Crippen LogP contribution in [-0.4, -0.2) is 30.2 Å². The van der Waals surface area contributed by atoms with Gasteiger partial charge in [-0.2, -0.15) is 0 Å². The maximum atomic E-state index is 12.7. The second-order valence-electron chi connectivity index (χ2n) is 6.52. The van der Waals surface area contributed by atoms with Gasteiger partial charge in [0.1, 0.15) is 0 Å². The predicted molar refractivity (Wildman–Crippen MR) is 89.7 cm³/mol. The first-order chi connectivity index (χ1) is 11.0. The molecule has 1 aromatic heterocycles. The number of nitrogens with zero attached hydrogens (tertiary/aromatic N) is 1. The third kappa shape index (κ3) is 3.45. The van der Waals surface area contributed by atoms with Crippen molar-refractivity contribution in [1.29, 1.82) is 0 Å². The van der Waals surface area contributed by atoms with E-state index in [1.807, 2.05) is 38.1 Å². The molecular formula is C18H22N2O3. The number of hydrogen-bond acceptors (Lipinski definition) is 4. The van der Waals surface area contributed by atoms with Gasteiger partial charge in [0, 0.05) is 24.0 Å². The van der Waals surface area contributed by atoms with E-state index >= 15 is 0 Å². The van der Waals surface area contributed by atoms with Crippen molar-refractivity contribution in [1.82, 2.24) is 4.98 Å². The molecule has 0 radical (unpaired) electrons. The first-order valence-electron chi connectivity index (χ1n) is 7.87. The Hall–Kier alpha value is -2.14. The first-order valence-corrected chi connectivity index (χ1v) is 7.87. The molecule has 23 heavy (non-hydrogen) atoms. The van der Waals surface area contributed by atoms with Crippen LogP contribution in [0.15, 0.2) is 30.3 Å². The summed E-state index contributed by atoms with van der Waals surface area (Å²) in [6, 6.07) is 9.48. The van der Waals surface area contributed by atoms with Crippen LogP contribution in [0.3, 0.4) is 0 Å². The van der Waals surface area contributed by atoms with Gasteiger partial charge in [-0.3, -0.25) is 4.79 Å². The lowest BCUT2D eigenvalue weighted by Crippen LogP contribution is -2.39. The molecule has 3 rings (SSSR count). The Morgan fingerprint density at radius 1 is 1.39 bits per heavy atom. The fourth-order valence-electron chi connectivity index (χ4n) is 3.05. The maximum Gasteiger partial charge on any atom is 0.227 e. The number of benzene rings is 1. The van der Waals surface area contributed by atoms with Gasteiger partial charge >= 0.3 is 0 Å². The molecule has 1 aliphatic heterocycles. The molecule has 0 aliphatic carbocycles. The molecule has 122 valence electrons. The molecule has 1 N–H and O–H groups in total. The van der Waals surface area contributed by atoms with Crippen molar-refractivity contribution in [2.75, 3.05) is 19.0 Å². The molecule has 1 saturated heterocycles. The molecule has 1 fully saturated rings. The van der Waals surface area contributed by atoms with Crippen LogP contribution in [0.1, 0.15) is 26.7 Å². The molecule has 1 aliphatic rings. The van der Waals surface area contributed by atoms with Gasteiger partial charge in [0.05, 0.1) is 23.9 Å². The van der Waals surface area contributed by atoms with E-state index in [0.717, 1.165) is 29.4 Å². The fraction of sp³-hybridized carbons (Fsp3) is 0.444. The van der Waals surface area contributed by atoms with Crippen molar-refractivity contribution in [3.8, 4) is 5.88 Å². The van der Waals surface area contributed by atoms with E-state index in [-0.39, 0.29) is 17.4 Å². The Labute approximate surface area is 136 Å². The summed E-state index contributed by atoms with van der Waals surface area (Å²) in [5, 5.41) is 3.96. The molecule has 5 nitrogen and oxygen atoms in total. The van der Waals surface area contributed by atoms with Crippen LogP contribution >= 0.6 is 0 Å². The molecular weight excluding hydrogens is 292 g/mol. The van der Waals surface area contributed by atoms with Gasteiger partial charge in [-0.25, -0.2) is 4.98 Å². The maximum absolute atomic E-state index is 12.7. The van der Waals surface area contributed by atoms with E-state index in [1.165, 1.54) is 0 Å². The zero-order valence-corrected chi connectivity index (χ0v) is 13.8. The van der Waals surface area contributed by atoms with E-state index in [0.29, 0.717) is 12.5 Å². The number of amides is 1. The Bertz CT molecular complexity index is 727. The first kappa shape index (κ1) is 15.7. The number of aromatic nitrogens is 1. The van der Waals surface area contributed by atoms with Crippen LogP contribution in [0.2, 0.25) is 0 Å². The highest BCUT2D eigenvalue weighted by atomic mass is 16.5. The van der Waals surface area contributed by atoms with Gasteiger partial charge in [-0.05, 0) is 32.8 Å². The smallest absolute Gasteiger partial charge is 0.227 e. The number of ether oxygens (including phenoxy) is 2. The number of para-hydroxylation sites is 1. The average molecular weight is 314 g/mol. The topological polar surface area (TPSA) is 60.5 Å². The number of methoxy groups -OCH3 is 1. The molecule has 1 unspecified atom stereocenters. The summed E-state index contributed by atoms with van der Waals surface area (Å²) < 4.78 is 10.9. The molecule has 0 spiro atoms. The second-order valence-corrected chi connectivity index (χ2v) is 6.52. The summed E-state index contributed by atoms with van der Waals surface area (Å²) in [4.78, 5) is 17.1. The zero-order chi connectivity index (χ0) is 16.4. The number of fused-ring (bicyclic) bond motifs is 1. The van der Waals surface area contributed by atoms with Crippen molar-refractivity contribution >= 4 is 22.5 Å². The van der Waals surface area contributed by atoms with E-state index < -0.39 is 0 Å². The summed E-state index contributed by atoms with van der Waals surface area (Å²) in [7, 11) is 1.57. The molecule has 5 heteroatoms. The molecule has 0 saturated carbocycles. The van der Waals surface area contributed by atoms with Crippen LogP contribution < -0.4 is 10.1 Å². The number of nitrogens with one attached hydrogen (secondary N) is 1. The van der Waals surface area contributed by atoms with Gasteiger partial charge in [0.15, 0.2) is 0 Å². The second kappa shape index (κ2) is 6.16. The Balaban J connectivity index is 1.87. The quantitative estimate of drug-likeness (QED) is 0.943. The van der Waals surface area contributed by atoms with Crippen LogP contribution in [0.5, 0.6) is 5.88 Å². The Morgan fingerprint density at radius 3 is 2.91 bits per heavy atom. The lowest BCUT2D eigenvalue weighted by Gasteiger charge is -2.34. The largest absolute Gasteiger partial charge is 0.481 e. The number of pyridine rings is 1. The van der Waals surface area contributed by atoms with Gasteiger partial charge < -0.3 is 14.8 Å². The lowest BCUT2D eigenvalue weighted by molar-refractivity contribution is -0.130. The lowest BCUT2D eigenvalue weighted by atomic mass is 9.87. The van der Waals surface area contributed by atoms with Crippen molar-refractivity contribution in [2.24, 2.45) is 5.92 Å². The van der Waals surface area contributed by atoms with Crippen LogP contribution in [-0.2, 0) is 9.53 Å².